The van der Waals surface area contributed by atoms with Crippen LogP contribution in [-0.2, 0) is 6.42 Å². The van der Waals surface area contributed by atoms with Crippen molar-refractivity contribution in [1.29, 1.82) is 0 Å². The van der Waals surface area contributed by atoms with Gasteiger partial charge in [-0.05, 0) is 61.2 Å². The van der Waals surface area contributed by atoms with Crippen LogP contribution in [0.2, 0.25) is 0 Å². The highest BCUT2D eigenvalue weighted by molar-refractivity contribution is 14.1. The first kappa shape index (κ1) is 16.8. The van der Waals surface area contributed by atoms with Crippen LogP contribution in [0.1, 0.15) is 12.0 Å². The summed E-state index contributed by atoms with van der Waals surface area (Å²) in [7, 11) is 5.61. The fraction of sp³-hybridized carbons (Fsp3) is 0.625. The second-order valence-corrected chi connectivity index (χ2v) is 6.67. The Morgan fingerprint density at radius 1 is 1.10 bits per heavy atom. The van der Waals surface area contributed by atoms with Crippen LogP contribution < -0.4 is 9.47 Å². The van der Waals surface area contributed by atoms with Gasteiger partial charge in [-0.25, -0.2) is 0 Å². The number of piperazine rings is 1. The van der Waals surface area contributed by atoms with Crippen LogP contribution in [0.25, 0.3) is 0 Å². The highest BCUT2D eigenvalue weighted by atomic mass is 127. The number of methoxy groups -OCH3 is 2. The van der Waals surface area contributed by atoms with Gasteiger partial charge < -0.3 is 19.3 Å². The quantitative estimate of drug-likeness (QED) is 0.681. The van der Waals surface area contributed by atoms with Crippen molar-refractivity contribution in [2.45, 2.75) is 12.8 Å². The van der Waals surface area contributed by atoms with E-state index in [0.717, 1.165) is 30.9 Å². The Bertz CT molecular complexity index is 460. The molecule has 0 saturated carbocycles. The molecule has 0 unspecified atom stereocenters. The Labute approximate surface area is 141 Å². The largest absolute Gasteiger partial charge is 0.493 e. The van der Waals surface area contributed by atoms with Crippen LogP contribution in [0.4, 0.5) is 0 Å². The Hall–Kier alpha value is -0.530. The maximum absolute atomic E-state index is 5.55. The van der Waals surface area contributed by atoms with Gasteiger partial charge in [0.15, 0.2) is 11.5 Å². The molecule has 0 N–H and O–H groups in total. The molecule has 0 bridgehead atoms. The monoisotopic (exact) mass is 404 g/mol. The van der Waals surface area contributed by atoms with E-state index in [-0.39, 0.29) is 0 Å². The van der Waals surface area contributed by atoms with Gasteiger partial charge in [-0.3, -0.25) is 0 Å². The van der Waals surface area contributed by atoms with Crippen LogP contribution in [0.3, 0.4) is 0 Å². The van der Waals surface area contributed by atoms with Gasteiger partial charge >= 0.3 is 0 Å². The van der Waals surface area contributed by atoms with Gasteiger partial charge in [-0.2, -0.15) is 0 Å². The van der Waals surface area contributed by atoms with Crippen LogP contribution in [0, 0.1) is 3.57 Å². The predicted octanol–water partition coefficient (Wildman–Crippen LogP) is 2.49. The molecule has 0 aromatic heterocycles. The van der Waals surface area contributed by atoms with Crippen molar-refractivity contribution >= 4 is 22.6 Å². The molecule has 0 spiro atoms. The van der Waals surface area contributed by atoms with E-state index in [1.807, 2.05) is 6.07 Å². The topological polar surface area (TPSA) is 24.9 Å². The van der Waals surface area contributed by atoms with E-state index in [2.05, 4.69) is 45.5 Å². The molecule has 2 rings (SSSR count). The van der Waals surface area contributed by atoms with E-state index in [4.69, 9.17) is 9.47 Å². The number of hydrogen-bond acceptors (Lipinski definition) is 4. The number of hydrogen-bond donors (Lipinski definition) is 0. The number of ether oxygens (including phenoxy) is 2. The summed E-state index contributed by atoms with van der Waals surface area (Å²) < 4.78 is 12.2. The van der Waals surface area contributed by atoms with Gasteiger partial charge in [-0.1, -0.05) is 0 Å². The van der Waals surface area contributed by atoms with Crippen LogP contribution in [-0.4, -0.2) is 63.8 Å². The summed E-state index contributed by atoms with van der Waals surface area (Å²) in [6, 6.07) is 4.08. The fourth-order valence-electron chi connectivity index (χ4n) is 2.75. The van der Waals surface area contributed by atoms with E-state index < -0.39 is 0 Å². The lowest BCUT2D eigenvalue weighted by molar-refractivity contribution is 0.153. The van der Waals surface area contributed by atoms with Crippen molar-refractivity contribution in [1.82, 2.24) is 9.80 Å². The Morgan fingerprint density at radius 3 is 2.43 bits per heavy atom. The molecule has 0 atom stereocenters. The maximum atomic E-state index is 5.55. The Morgan fingerprint density at radius 2 is 1.81 bits per heavy atom. The summed E-state index contributed by atoms with van der Waals surface area (Å²) in [5.41, 5.74) is 1.27. The summed E-state index contributed by atoms with van der Waals surface area (Å²) in [5, 5.41) is 0. The number of halogens is 1. The third-order valence-corrected chi connectivity index (χ3v) is 5.10. The van der Waals surface area contributed by atoms with E-state index in [1.165, 1.54) is 35.3 Å². The van der Waals surface area contributed by atoms with E-state index >= 15 is 0 Å². The van der Waals surface area contributed by atoms with Crippen molar-refractivity contribution in [3.8, 4) is 11.5 Å². The number of rotatable bonds is 6. The van der Waals surface area contributed by atoms with Gasteiger partial charge in [0.25, 0.3) is 0 Å². The third kappa shape index (κ3) is 4.47. The molecule has 1 fully saturated rings. The van der Waals surface area contributed by atoms with Crippen LogP contribution in [0.5, 0.6) is 11.5 Å². The zero-order chi connectivity index (χ0) is 15.2. The van der Waals surface area contributed by atoms with E-state index in [0.29, 0.717) is 0 Å². The van der Waals surface area contributed by atoms with Crippen molar-refractivity contribution in [2.24, 2.45) is 0 Å². The molecule has 1 saturated heterocycles. The first-order valence-corrected chi connectivity index (χ1v) is 8.54. The lowest BCUT2D eigenvalue weighted by atomic mass is 10.1. The Kier molecular flexibility index (Phi) is 6.57. The smallest absolute Gasteiger partial charge is 0.164 e. The SMILES string of the molecule is COc1ccc(I)c(CCCN2CCN(C)CC2)c1OC. The molecule has 1 aliphatic heterocycles. The molecule has 1 aromatic rings. The van der Waals surface area contributed by atoms with Gasteiger partial charge in [-0.15, -0.1) is 0 Å². The van der Waals surface area contributed by atoms with Gasteiger partial charge in [0.1, 0.15) is 0 Å². The number of nitrogens with zero attached hydrogens (tertiary/aromatic N) is 2. The molecule has 0 radical (unpaired) electrons. The molecule has 1 aliphatic rings. The van der Waals surface area contributed by atoms with Crippen molar-refractivity contribution in [3.05, 3.63) is 21.3 Å². The van der Waals surface area contributed by atoms with Gasteiger partial charge in [0.05, 0.1) is 14.2 Å². The Balaban J connectivity index is 1.93. The number of likely N-dealkylation sites (N-methyl/N-ethyl adjacent to an activating group) is 1. The predicted molar refractivity (Wildman–Crippen MR) is 94.5 cm³/mol. The minimum atomic E-state index is 0.826. The molecule has 1 aromatic carbocycles. The molecular weight excluding hydrogens is 379 g/mol. The maximum Gasteiger partial charge on any atom is 0.164 e. The van der Waals surface area contributed by atoms with Gasteiger partial charge in [0, 0.05) is 35.3 Å². The summed E-state index contributed by atoms with van der Waals surface area (Å²) in [6.07, 6.45) is 2.19. The van der Waals surface area contributed by atoms with Gasteiger partial charge in [0.2, 0.25) is 0 Å². The van der Waals surface area contributed by atoms with Crippen molar-refractivity contribution < 1.29 is 9.47 Å². The first-order valence-electron chi connectivity index (χ1n) is 7.46. The second kappa shape index (κ2) is 8.19. The molecular formula is C16H25IN2O2. The molecule has 5 heteroatoms. The molecule has 0 amide bonds. The zero-order valence-corrected chi connectivity index (χ0v) is 15.4. The minimum absolute atomic E-state index is 0.826. The summed E-state index contributed by atoms with van der Waals surface area (Å²) in [5.74, 6) is 1.72. The first-order chi connectivity index (χ1) is 10.2. The lowest BCUT2D eigenvalue weighted by Gasteiger charge is -2.32. The highest BCUT2D eigenvalue weighted by Gasteiger charge is 2.16. The standard InChI is InChI=1S/C16H25IN2O2/c1-18-9-11-19(12-10-18)8-4-5-13-14(17)6-7-15(20-2)16(13)21-3/h6-7H,4-5,8-12H2,1-3H3. The summed E-state index contributed by atoms with van der Waals surface area (Å²) in [4.78, 5) is 4.95. The number of benzene rings is 1. The summed E-state index contributed by atoms with van der Waals surface area (Å²) >= 11 is 2.38. The molecule has 0 aliphatic carbocycles. The van der Waals surface area contributed by atoms with Crippen LogP contribution in [0.15, 0.2) is 12.1 Å². The zero-order valence-electron chi connectivity index (χ0n) is 13.2. The second-order valence-electron chi connectivity index (χ2n) is 5.51. The van der Waals surface area contributed by atoms with Crippen LogP contribution >= 0.6 is 22.6 Å². The molecule has 118 valence electrons. The third-order valence-electron chi connectivity index (χ3n) is 4.09. The van der Waals surface area contributed by atoms with Crippen molar-refractivity contribution in [2.75, 3.05) is 54.0 Å². The normalized spacial score (nSPS) is 17.0. The van der Waals surface area contributed by atoms with E-state index in [1.54, 1.807) is 14.2 Å². The molecule has 1 heterocycles. The molecule has 4 nitrogen and oxygen atoms in total. The molecule has 21 heavy (non-hydrogen) atoms. The minimum Gasteiger partial charge on any atom is -0.493 e. The lowest BCUT2D eigenvalue weighted by Crippen LogP contribution is -2.44. The average Bonchev–Trinajstić information content (AvgIpc) is 2.50. The highest BCUT2D eigenvalue weighted by Crippen LogP contribution is 2.34. The van der Waals surface area contributed by atoms with Crippen molar-refractivity contribution in [3.63, 3.8) is 0 Å². The van der Waals surface area contributed by atoms with E-state index in [9.17, 15) is 0 Å². The fourth-order valence-corrected chi connectivity index (χ4v) is 3.45. The summed E-state index contributed by atoms with van der Waals surface area (Å²) in [6.45, 7) is 5.88. The average molecular weight is 404 g/mol.